The molecule has 0 aliphatic heterocycles. The molecule has 3 aromatic rings. The number of hydrogen-bond acceptors (Lipinski definition) is 3. The Morgan fingerprint density at radius 2 is 2.08 bits per heavy atom. The predicted octanol–water partition coefficient (Wildman–Crippen LogP) is 4.40. The van der Waals surface area contributed by atoms with Crippen LogP contribution in [0.25, 0.3) is 5.69 Å². The molecule has 0 spiro atoms. The van der Waals surface area contributed by atoms with Gasteiger partial charge in [0.15, 0.2) is 0 Å². The highest BCUT2D eigenvalue weighted by Crippen LogP contribution is 2.21. The first-order chi connectivity index (χ1) is 11.7. The Bertz CT molecular complexity index is 821. The van der Waals surface area contributed by atoms with Crippen LogP contribution in [0.2, 0.25) is 5.02 Å². The first kappa shape index (κ1) is 16.6. The van der Waals surface area contributed by atoms with Crippen LogP contribution in [0, 0.1) is 0 Å². The Kier molecular flexibility index (Phi) is 5.56. The molecule has 0 saturated carbocycles. The van der Waals surface area contributed by atoms with Crippen molar-refractivity contribution in [3.8, 4) is 5.69 Å². The lowest BCUT2D eigenvalue weighted by Gasteiger charge is -2.11. The number of carbonyl (C=O) groups is 1. The molecule has 0 radical (unpaired) electrons. The van der Waals surface area contributed by atoms with E-state index in [0.717, 1.165) is 22.7 Å². The Balaban J connectivity index is 1.58. The summed E-state index contributed by atoms with van der Waals surface area (Å²) in [7, 11) is 0. The molecule has 1 aromatic heterocycles. The van der Waals surface area contributed by atoms with Crippen molar-refractivity contribution in [1.82, 2.24) is 9.55 Å². The first-order valence-corrected chi connectivity index (χ1v) is 8.95. The van der Waals surface area contributed by atoms with Crippen LogP contribution in [0.3, 0.4) is 0 Å². The third kappa shape index (κ3) is 4.40. The zero-order valence-corrected chi connectivity index (χ0v) is 14.4. The third-order valence-electron chi connectivity index (χ3n) is 3.35. The molecule has 0 aliphatic carbocycles. The normalized spacial score (nSPS) is 10.5. The molecule has 24 heavy (non-hydrogen) atoms. The first-order valence-electron chi connectivity index (χ1n) is 7.42. The molecule has 1 heterocycles. The van der Waals surface area contributed by atoms with Crippen molar-refractivity contribution >= 4 is 35.0 Å². The van der Waals surface area contributed by atoms with E-state index in [1.165, 1.54) is 0 Å². The van der Waals surface area contributed by atoms with Gasteiger partial charge in [0.25, 0.3) is 0 Å². The number of nitrogens with zero attached hydrogens (tertiary/aromatic N) is 2. The van der Waals surface area contributed by atoms with E-state index >= 15 is 0 Å². The number of hydrogen-bond donors (Lipinski definition) is 1. The quantitative estimate of drug-likeness (QED) is 0.711. The number of carbonyl (C=O) groups excluding carboxylic acids is 1. The summed E-state index contributed by atoms with van der Waals surface area (Å²) in [5, 5.41) is 3.68. The number of halogens is 1. The number of amides is 1. The van der Waals surface area contributed by atoms with Gasteiger partial charge in [0.05, 0.1) is 23.5 Å². The molecule has 0 unspecified atom stereocenters. The van der Waals surface area contributed by atoms with Crippen molar-refractivity contribution in [3.05, 3.63) is 77.8 Å². The van der Waals surface area contributed by atoms with Crippen LogP contribution in [0.1, 0.15) is 5.56 Å². The molecule has 2 aromatic carbocycles. The van der Waals surface area contributed by atoms with Crippen LogP contribution in [-0.4, -0.2) is 21.2 Å². The molecule has 3 rings (SSSR count). The van der Waals surface area contributed by atoms with Gasteiger partial charge in [-0.15, -0.1) is 11.8 Å². The van der Waals surface area contributed by atoms with E-state index < -0.39 is 0 Å². The molecule has 1 N–H and O–H groups in total. The number of imidazole rings is 1. The van der Waals surface area contributed by atoms with Gasteiger partial charge in [0.2, 0.25) is 5.91 Å². The Hall–Kier alpha value is -2.24. The molecule has 0 bridgehead atoms. The van der Waals surface area contributed by atoms with Crippen LogP contribution < -0.4 is 5.32 Å². The minimum atomic E-state index is -0.0328. The van der Waals surface area contributed by atoms with Gasteiger partial charge in [-0.3, -0.25) is 4.79 Å². The van der Waals surface area contributed by atoms with Gasteiger partial charge in [-0.05, 0) is 29.8 Å². The van der Waals surface area contributed by atoms with Crippen molar-refractivity contribution in [1.29, 1.82) is 0 Å². The number of anilines is 1. The van der Waals surface area contributed by atoms with Crippen LogP contribution in [0.4, 0.5) is 5.69 Å². The van der Waals surface area contributed by atoms with Gasteiger partial charge in [-0.25, -0.2) is 4.98 Å². The maximum Gasteiger partial charge on any atom is 0.234 e. The second-order valence-electron chi connectivity index (χ2n) is 5.16. The van der Waals surface area contributed by atoms with Gasteiger partial charge in [0, 0.05) is 23.2 Å². The molecule has 0 saturated heterocycles. The van der Waals surface area contributed by atoms with E-state index in [2.05, 4.69) is 10.3 Å². The average Bonchev–Trinajstić information content (AvgIpc) is 3.10. The number of nitrogens with one attached hydrogen (secondary N) is 1. The molecule has 6 heteroatoms. The van der Waals surface area contributed by atoms with E-state index in [0.29, 0.717) is 10.8 Å². The molecule has 0 fully saturated rings. The minimum absolute atomic E-state index is 0.0328. The lowest BCUT2D eigenvalue weighted by Crippen LogP contribution is -2.15. The van der Waals surface area contributed by atoms with E-state index in [4.69, 9.17) is 11.6 Å². The number of rotatable bonds is 6. The highest BCUT2D eigenvalue weighted by atomic mass is 35.5. The second-order valence-corrected chi connectivity index (χ2v) is 6.58. The highest BCUT2D eigenvalue weighted by molar-refractivity contribution is 7.99. The molecule has 0 atom stereocenters. The zero-order valence-electron chi connectivity index (χ0n) is 12.9. The summed E-state index contributed by atoms with van der Waals surface area (Å²) in [5.41, 5.74) is 2.77. The van der Waals surface area contributed by atoms with Crippen LogP contribution in [0.15, 0.2) is 67.3 Å². The highest BCUT2D eigenvalue weighted by Gasteiger charge is 2.08. The van der Waals surface area contributed by atoms with Gasteiger partial charge >= 0.3 is 0 Å². The van der Waals surface area contributed by atoms with Crippen molar-refractivity contribution in [3.63, 3.8) is 0 Å². The number of para-hydroxylation sites is 2. The Labute approximate surface area is 149 Å². The van der Waals surface area contributed by atoms with Gasteiger partial charge < -0.3 is 9.88 Å². The summed E-state index contributed by atoms with van der Waals surface area (Å²) in [6.45, 7) is 0. The largest absolute Gasteiger partial charge is 0.324 e. The summed E-state index contributed by atoms with van der Waals surface area (Å²) in [5.74, 6) is 1.09. The lowest BCUT2D eigenvalue weighted by molar-refractivity contribution is -0.113. The average molecular weight is 358 g/mol. The summed E-state index contributed by atoms with van der Waals surface area (Å²) >= 11 is 7.52. The summed E-state index contributed by atoms with van der Waals surface area (Å²) in [4.78, 5) is 16.3. The zero-order chi connectivity index (χ0) is 16.8. The lowest BCUT2D eigenvalue weighted by atomic mass is 10.2. The molecular formula is C18H16ClN3OS. The summed E-state index contributed by atoms with van der Waals surface area (Å²) < 4.78 is 1.87. The Morgan fingerprint density at radius 3 is 2.88 bits per heavy atom. The smallest absolute Gasteiger partial charge is 0.234 e. The third-order valence-corrected chi connectivity index (χ3v) is 4.59. The molecular weight excluding hydrogens is 342 g/mol. The monoisotopic (exact) mass is 357 g/mol. The van der Waals surface area contributed by atoms with Crippen molar-refractivity contribution in [2.24, 2.45) is 0 Å². The second kappa shape index (κ2) is 8.04. The fraction of sp³-hybridized carbons (Fsp3) is 0.111. The van der Waals surface area contributed by atoms with Crippen LogP contribution in [-0.2, 0) is 10.5 Å². The topological polar surface area (TPSA) is 46.9 Å². The van der Waals surface area contributed by atoms with E-state index in [1.54, 1.807) is 24.3 Å². The maximum absolute atomic E-state index is 12.2. The van der Waals surface area contributed by atoms with E-state index in [9.17, 15) is 4.79 Å². The van der Waals surface area contributed by atoms with Crippen molar-refractivity contribution in [2.45, 2.75) is 5.75 Å². The van der Waals surface area contributed by atoms with Crippen molar-refractivity contribution < 1.29 is 4.79 Å². The molecule has 122 valence electrons. The van der Waals surface area contributed by atoms with Gasteiger partial charge in [-0.2, -0.15) is 0 Å². The van der Waals surface area contributed by atoms with Gasteiger partial charge in [-0.1, -0.05) is 35.9 Å². The number of thioether (sulfide) groups is 1. The molecule has 1 amide bonds. The molecule has 0 aliphatic rings. The van der Waals surface area contributed by atoms with E-state index in [1.807, 2.05) is 59.3 Å². The number of benzene rings is 2. The number of aromatic nitrogens is 2. The Morgan fingerprint density at radius 1 is 1.21 bits per heavy atom. The molecule has 4 nitrogen and oxygen atoms in total. The predicted molar refractivity (Wildman–Crippen MR) is 99.8 cm³/mol. The van der Waals surface area contributed by atoms with Crippen molar-refractivity contribution in [2.75, 3.05) is 11.1 Å². The van der Waals surface area contributed by atoms with Crippen LogP contribution in [0.5, 0.6) is 0 Å². The SMILES string of the molecule is O=C(CSCc1cccc(Cl)c1)Nc1ccccc1-n1ccnc1. The summed E-state index contributed by atoms with van der Waals surface area (Å²) in [6, 6.07) is 15.3. The minimum Gasteiger partial charge on any atom is -0.324 e. The van der Waals surface area contributed by atoms with Crippen LogP contribution >= 0.6 is 23.4 Å². The van der Waals surface area contributed by atoms with E-state index in [-0.39, 0.29) is 5.91 Å². The fourth-order valence-electron chi connectivity index (χ4n) is 2.28. The fourth-order valence-corrected chi connectivity index (χ4v) is 3.27. The van der Waals surface area contributed by atoms with Gasteiger partial charge in [0.1, 0.15) is 0 Å². The summed E-state index contributed by atoms with van der Waals surface area (Å²) in [6.07, 6.45) is 5.26. The maximum atomic E-state index is 12.2. The standard InChI is InChI=1S/C18H16ClN3OS/c19-15-5-3-4-14(10-15)11-24-12-18(23)21-16-6-1-2-7-17(16)22-9-8-20-13-22/h1-10,13H,11-12H2,(H,21,23).